The summed E-state index contributed by atoms with van der Waals surface area (Å²) in [5.41, 5.74) is 1.01. The summed E-state index contributed by atoms with van der Waals surface area (Å²) in [4.78, 5) is 4.39. The highest BCUT2D eigenvalue weighted by Gasteiger charge is 2.30. The molecule has 1 aliphatic rings. The van der Waals surface area contributed by atoms with E-state index >= 15 is 0 Å². The van der Waals surface area contributed by atoms with Gasteiger partial charge in [-0.05, 0) is 39.2 Å². The first-order chi connectivity index (χ1) is 7.70. The Morgan fingerprint density at radius 2 is 2.25 bits per heavy atom. The monoisotopic (exact) mass is 240 g/mol. The van der Waals surface area contributed by atoms with Crippen LogP contribution in [-0.2, 0) is 0 Å². The molecular weight excluding hydrogens is 220 g/mol. The standard InChI is InChI=1S/C12H20N2OS/c1-4-13-11(10-5-6-10)7-16-12-14-8(2)9(3)15-12/h10-11,13H,4-7H2,1-3H3. The lowest BCUT2D eigenvalue weighted by molar-refractivity contribution is 0.429. The molecule has 0 bridgehead atoms. The van der Waals surface area contributed by atoms with Crippen LogP contribution in [0, 0.1) is 19.8 Å². The summed E-state index contributed by atoms with van der Waals surface area (Å²) in [6.45, 7) is 7.17. The van der Waals surface area contributed by atoms with Crippen molar-refractivity contribution in [1.29, 1.82) is 0 Å². The van der Waals surface area contributed by atoms with E-state index in [4.69, 9.17) is 4.42 Å². The topological polar surface area (TPSA) is 38.1 Å². The Hall–Kier alpha value is -0.480. The van der Waals surface area contributed by atoms with E-state index in [-0.39, 0.29) is 0 Å². The van der Waals surface area contributed by atoms with Gasteiger partial charge in [0.1, 0.15) is 5.76 Å². The van der Waals surface area contributed by atoms with Gasteiger partial charge in [0.05, 0.1) is 5.69 Å². The first kappa shape index (κ1) is 12.0. The summed E-state index contributed by atoms with van der Waals surface area (Å²) >= 11 is 1.73. The molecule has 1 heterocycles. The van der Waals surface area contributed by atoms with Crippen molar-refractivity contribution in [3.05, 3.63) is 11.5 Å². The Balaban J connectivity index is 1.84. The molecule has 1 fully saturated rings. The van der Waals surface area contributed by atoms with Gasteiger partial charge in [0.2, 0.25) is 0 Å². The summed E-state index contributed by atoms with van der Waals surface area (Å²) in [7, 11) is 0. The van der Waals surface area contributed by atoms with E-state index in [1.165, 1.54) is 12.8 Å². The maximum Gasteiger partial charge on any atom is 0.256 e. The van der Waals surface area contributed by atoms with Gasteiger partial charge < -0.3 is 9.73 Å². The van der Waals surface area contributed by atoms with Crippen molar-refractivity contribution in [1.82, 2.24) is 10.3 Å². The van der Waals surface area contributed by atoms with Crippen molar-refractivity contribution in [3.8, 4) is 0 Å². The van der Waals surface area contributed by atoms with Gasteiger partial charge in [-0.15, -0.1) is 0 Å². The number of aromatic nitrogens is 1. The Labute approximate surface area is 101 Å². The molecule has 1 aromatic rings. The van der Waals surface area contributed by atoms with Crippen molar-refractivity contribution in [2.24, 2.45) is 5.92 Å². The van der Waals surface area contributed by atoms with Crippen LogP contribution in [0.4, 0.5) is 0 Å². The number of hydrogen-bond acceptors (Lipinski definition) is 4. The van der Waals surface area contributed by atoms with Crippen LogP contribution in [0.2, 0.25) is 0 Å². The third-order valence-corrected chi connectivity index (χ3v) is 4.00. The second kappa shape index (κ2) is 5.23. The van der Waals surface area contributed by atoms with E-state index < -0.39 is 0 Å². The molecule has 1 atom stereocenters. The van der Waals surface area contributed by atoms with E-state index in [1.54, 1.807) is 11.8 Å². The number of thioether (sulfide) groups is 1. The van der Waals surface area contributed by atoms with Gasteiger partial charge in [0.15, 0.2) is 0 Å². The van der Waals surface area contributed by atoms with E-state index in [1.807, 2.05) is 13.8 Å². The number of oxazole rings is 1. The van der Waals surface area contributed by atoms with Crippen LogP contribution in [0.3, 0.4) is 0 Å². The SMILES string of the molecule is CCNC(CSc1nc(C)c(C)o1)C1CC1. The van der Waals surface area contributed by atoms with Crippen LogP contribution >= 0.6 is 11.8 Å². The van der Waals surface area contributed by atoms with Crippen LogP contribution in [0.5, 0.6) is 0 Å². The van der Waals surface area contributed by atoms with Crippen molar-refractivity contribution in [3.63, 3.8) is 0 Å². The van der Waals surface area contributed by atoms with Gasteiger partial charge in [0, 0.05) is 11.8 Å². The first-order valence-electron chi connectivity index (χ1n) is 6.01. The summed E-state index contributed by atoms with van der Waals surface area (Å²) < 4.78 is 5.57. The van der Waals surface area contributed by atoms with E-state index in [9.17, 15) is 0 Å². The maximum atomic E-state index is 5.57. The van der Waals surface area contributed by atoms with Gasteiger partial charge in [-0.3, -0.25) is 0 Å². The second-order valence-electron chi connectivity index (χ2n) is 4.43. The molecule has 0 aliphatic heterocycles. The van der Waals surface area contributed by atoms with Crippen molar-refractivity contribution in [2.75, 3.05) is 12.3 Å². The minimum atomic E-state index is 0.627. The highest BCUT2D eigenvalue weighted by molar-refractivity contribution is 7.99. The molecule has 1 aliphatic carbocycles. The molecule has 1 saturated carbocycles. The molecule has 0 saturated heterocycles. The predicted octanol–water partition coefficient (Wildman–Crippen LogP) is 2.77. The zero-order valence-corrected chi connectivity index (χ0v) is 11.1. The quantitative estimate of drug-likeness (QED) is 0.776. The lowest BCUT2D eigenvalue weighted by Gasteiger charge is -2.15. The van der Waals surface area contributed by atoms with Crippen molar-refractivity contribution >= 4 is 11.8 Å². The zero-order valence-electron chi connectivity index (χ0n) is 10.2. The van der Waals surface area contributed by atoms with Gasteiger partial charge in [-0.2, -0.15) is 0 Å². The molecule has 16 heavy (non-hydrogen) atoms. The molecule has 90 valence electrons. The molecule has 1 N–H and O–H groups in total. The molecular formula is C12H20N2OS. The number of hydrogen-bond donors (Lipinski definition) is 1. The fourth-order valence-corrected chi connectivity index (χ4v) is 2.89. The predicted molar refractivity (Wildman–Crippen MR) is 66.9 cm³/mol. The molecule has 1 unspecified atom stereocenters. The maximum absolute atomic E-state index is 5.57. The Bertz CT molecular complexity index is 327. The molecule has 4 heteroatoms. The molecule has 0 radical (unpaired) electrons. The van der Waals surface area contributed by atoms with Crippen LogP contribution < -0.4 is 5.32 Å². The van der Waals surface area contributed by atoms with E-state index in [0.717, 1.165) is 34.9 Å². The molecule has 2 rings (SSSR count). The minimum Gasteiger partial charge on any atom is -0.437 e. The summed E-state index contributed by atoms with van der Waals surface area (Å²) in [5.74, 6) is 2.89. The van der Waals surface area contributed by atoms with Crippen LogP contribution in [-0.4, -0.2) is 23.3 Å². The van der Waals surface area contributed by atoms with E-state index in [0.29, 0.717) is 6.04 Å². The van der Waals surface area contributed by atoms with Crippen molar-refractivity contribution < 1.29 is 4.42 Å². The number of nitrogens with zero attached hydrogens (tertiary/aromatic N) is 1. The third-order valence-electron chi connectivity index (χ3n) is 3.05. The van der Waals surface area contributed by atoms with Crippen molar-refractivity contribution in [2.45, 2.75) is 44.9 Å². The summed E-state index contributed by atoms with van der Waals surface area (Å²) in [6.07, 6.45) is 2.75. The van der Waals surface area contributed by atoms with Crippen LogP contribution in [0.1, 0.15) is 31.2 Å². The second-order valence-corrected chi connectivity index (χ2v) is 5.41. The minimum absolute atomic E-state index is 0.627. The van der Waals surface area contributed by atoms with Crippen LogP contribution in [0.15, 0.2) is 9.64 Å². The van der Waals surface area contributed by atoms with Gasteiger partial charge in [-0.25, -0.2) is 4.98 Å². The fourth-order valence-electron chi connectivity index (χ4n) is 1.79. The normalized spacial score (nSPS) is 17.7. The van der Waals surface area contributed by atoms with E-state index in [2.05, 4.69) is 17.2 Å². The van der Waals surface area contributed by atoms with Gasteiger partial charge >= 0.3 is 0 Å². The molecule has 1 aromatic heterocycles. The summed E-state index contributed by atoms with van der Waals surface area (Å²) in [5, 5.41) is 4.36. The molecule has 0 spiro atoms. The van der Waals surface area contributed by atoms with Gasteiger partial charge in [-0.1, -0.05) is 18.7 Å². The largest absolute Gasteiger partial charge is 0.437 e. The zero-order chi connectivity index (χ0) is 11.5. The fraction of sp³-hybridized carbons (Fsp3) is 0.750. The molecule has 0 amide bonds. The Morgan fingerprint density at radius 3 is 2.75 bits per heavy atom. The van der Waals surface area contributed by atoms with Crippen LogP contribution in [0.25, 0.3) is 0 Å². The Kier molecular flexibility index (Phi) is 3.92. The third kappa shape index (κ3) is 3.01. The summed E-state index contributed by atoms with van der Waals surface area (Å²) in [6, 6.07) is 0.627. The number of rotatable bonds is 6. The highest BCUT2D eigenvalue weighted by Crippen LogP contribution is 2.35. The number of nitrogens with one attached hydrogen (secondary N) is 1. The molecule has 0 aromatic carbocycles. The number of aryl methyl sites for hydroxylation is 2. The van der Waals surface area contributed by atoms with Gasteiger partial charge in [0.25, 0.3) is 5.22 Å². The highest BCUT2D eigenvalue weighted by atomic mass is 32.2. The Morgan fingerprint density at radius 1 is 1.50 bits per heavy atom. The average Bonchev–Trinajstić information content (AvgIpc) is 3.02. The lowest BCUT2D eigenvalue weighted by Crippen LogP contribution is -2.33. The first-order valence-corrected chi connectivity index (χ1v) is 6.99. The lowest BCUT2D eigenvalue weighted by atomic mass is 10.2. The molecule has 3 nitrogen and oxygen atoms in total. The smallest absolute Gasteiger partial charge is 0.256 e. The average molecular weight is 240 g/mol.